The summed E-state index contributed by atoms with van der Waals surface area (Å²) in [6.07, 6.45) is 1.68. The van der Waals surface area contributed by atoms with Crippen molar-refractivity contribution in [2.45, 2.75) is 12.8 Å². The van der Waals surface area contributed by atoms with Gasteiger partial charge in [0.15, 0.2) is 0 Å². The van der Waals surface area contributed by atoms with Crippen molar-refractivity contribution < 1.29 is 9.53 Å². The molecule has 12 heavy (non-hydrogen) atoms. The van der Waals surface area contributed by atoms with Crippen LogP contribution in [0.2, 0.25) is 0 Å². The fourth-order valence-corrected chi connectivity index (χ4v) is 1.55. The molecule has 0 radical (unpaired) electrons. The van der Waals surface area contributed by atoms with Gasteiger partial charge in [-0.05, 0) is 12.2 Å². The van der Waals surface area contributed by atoms with Gasteiger partial charge in [-0.2, -0.15) is 11.8 Å². The number of carbonyl (C=O) groups excluding carboxylic acids is 1. The molecule has 0 bridgehead atoms. The van der Waals surface area contributed by atoms with Crippen LogP contribution in [0, 0.1) is 0 Å². The first kappa shape index (κ1) is 11.8. The molecule has 3 nitrogen and oxygen atoms in total. The van der Waals surface area contributed by atoms with Gasteiger partial charge in [0, 0.05) is 32.9 Å². The molecule has 0 aromatic heterocycles. The Bertz CT molecular complexity index is 120. The Kier molecular flexibility index (Phi) is 8.71. The maximum atomic E-state index is 10.8. The monoisotopic (exact) mass is 191 g/mol. The van der Waals surface area contributed by atoms with Crippen molar-refractivity contribution in [1.82, 2.24) is 5.32 Å². The van der Waals surface area contributed by atoms with Gasteiger partial charge < -0.3 is 10.1 Å². The highest BCUT2D eigenvalue weighted by molar-refractivity contribution is 7.99. The second kappa shape index (κ2) is 8.87. The summed E-state index contributed by atoms with van der Waals surface area (Å²) in [4.78, 5) is 10.8. The molecule has 0 aliphatic heterocycles. The minimum atomic E-state index is 0.120. The van der Waals surface area contributed by atoms with Crippen LogP contribution in [0.3, 0.4) is 0 Å². The van der Waals surface area contributed by atoms with Gasteiger partial charge >= 0.3 is 0 Å². The third-order valence-corrected chi connectivity index (χ3v) is 2.46. The summed E-state index contributed by atoms with van der Waals surface area (Å²) in [5.41, 5.74) is 0. The molecule has 0 aromatic rings. The van der Waals surface area contributed by atoms with Crippen molar-refractivity contribution in [3.63, 3.8) is 0 Å². The van der Waals surface area contributed by atoms with Gasteiger partial charge in [0.2, 0.25) is 5.91 Å². The lowest BCUT2D eigenvalue weighted by molar-refractivity contribution is -0.120. The Morgan fingerprint density at radius 3 is 2.83 bits per heavy atom. The van der Waals surface area contributed by atoms with Gasteiger partial charge in [-0.1, -0.05) is 0 Å². The second-order valence-corrected chi connectivity index (χ2v) is 3.61. The van der Waals surface area contributed by atoms with E-state index in [-0.39, 0.29) is 5.91 Å². The van der Waals surface area contributed by atoms with Gasteiger partial charge in [0.1, 0.15) is 0 Å². The van der Waals surface area contributed by atoms with E-state index < -0.39 is 0 Å². The summed E-state index contributed by atoms with van der Waals surface area (Å²) < 4.78 is 4.90. The molecule has 0 aromatic carbocycles. The lowest BCUT2D eigenvalue weighted by Crippen LogP contribution is -2.17. The third-order valence-electron chi connectivity index (χ3n) is 1.39. The lowest BCUT2D eigenvalue weighted by Gasteiger charge is -2.00. The molecule has 0 saturated carbocycles. The predicted molar refractivity (Wildman–Crippen MR) is 52.5 cm³/mol. The maximum Gasteiger partial charge on any atom is 0.220 e. The standard InChI is InChI=1S/C8H17NO2S/c1-9-8(10)4-7-12-6-3-5-11-2/h3-7H2,1-2H3,(H,9,10). The molecule has 0 atom stereocenters. The van der Waals surface area contributed by atoms with Gasteiger partial charge in [-0.25, -0.2) is 0 Å². The normalized spacial score (nSPS) is 9.83. The molecule has 0 heterocycles. The highest BCUT2D eigenvalue weighted by Crippen LogP contribution is 2.03. The number of hydrogen-bond acceptors (Lipinski definition) is 3. The number of nitrogens with one attached hydrogen (secondary N) is 1. The van der Waals surface area contributed by atoms with E-state index in [0.29, 0.717) is 6.42 Å². The molecule has 1 N–H and O–H groups in total. The molecule has 0 rings (SSSR count). The first-order chi connectivity index (χ1) is 5.81. The minimum Gasteiger partial charge on any atom is -0.385 e. The fourth-order valence-electron chi connectivity index (χ4n) is 0.697. The zero-order valence-electron chi connectivity index (χ0n) is 7.76. The van der Waals surface area contributed by atoms with E-state index in [9.17, 15) is 4.79 Å². The molecule has 0 aliphatic carbocycles. The lowest BCUT2D eigenvalue weighted by atomic mass is 10.5. The van der Waals surface area contributed by atoms with E-state index in [0.717, 1.165) is 24.5 Å². The SMILES string of the molecule is CNC(=O)CCSCCCOC. The fraction of sp³-hybridized carbons (Fsp3) is 0.875. The Morgan fingerprint density at radius 2 is 2.25 bits per heavy atom. The number of rotatable bonds is 7. The summed E-state index contributed by atoms with van der Waals surface area (Å²) in [7, 11) is 3.37. The van der Waals surface area contributed by atoms with E-state index in [1.54, 1.807) is 25.9 Å². The highest BCUT2D eigenvalue weighted by Gasteiger charge is 1.96. The smallest absolute Gasteiger partial charge is 0.220 e. The molecule has 0 fully saturated rings. The van der Waals surface area contributed by atoms with Gasteiger partial charge in [-0.15, -0.1) is 0 Å². The van der Waals surface area contributed by atoms with Crippen LogP contribution >= 0.6 is 11.8 Å². The summed E-state index contributed by atoms with van der Waals surface area (Å²) in [5, 5.41) is 2.59. The molecule has 0 aliphatic rings. The topological polar surface area (TPSA) is 38.3 Å². The van der Waals surface area contributed by atoms with Crippen LogP contribution in [0.25, 0.3) is 0 Å². The van der Waals surface area contributed by atoms with Crippen LogP contribution in [-0.4, -0.2) is 38.2 Å². The van der Waals surface area contributed by atoms with E-state index in [1.807, 2.05) is 0 Å². The zero-order chi connectivity index (χ0) is 9.23. The maximum absolute atomic E-state index is 10.8. The molecule has 72 valence electrons. The van der Waals surface area contributed by atoms with E-state index in [4.69, 9.17) is 4.74 Å². The Hall–Kier alpha value is -0.220. The molecule has 0 spiro atoms. The van der Waals surface area contributed by atoms with Crippen molar-refractivity contribution in [3.05, 3.63) is 0 Å². The number of hydrogen-bond donors (Lipinski definition) is 1. The zero-order valence-corrected chi connectivity index (χ0v) is 8.58. The first-order valence-electron chi connectivity index (χ1n) is 4.08. The van der Waals surface area contributed by atoms with Crippen LogP contribution in [0.15, 0.2) is 0 Å². The van der Waals surface area contributed by atoms with Gasteiger partial charge in [0.25, 0.3) is 0 Å². The minimum absolute atomic E-state index is 0.120. The first-order valence-corrected chi connectivity index (χ1v) is 5.24. The molecule has 0 unspecified atom stereocenters. The third kappa shape index (κ3) is 7.88. The Morgan fingerprint density at radius 1 is 1.50 bits per heavy atom. The van der Waals surface area contributed by atoms with Crippen molar-refractivity contribution in [1.29, 1.82) is 0 Å². The van der Waals surface area contributed by atoms with Crippen LogP contribution in [0.5, 0.6) is 0 Å². The number of methoxy groups -OCH3 is 1. The summed E-state index contributed by atoms with van der Waals surface area (Å²) in [6, 6.07) is 0. The number of carbonyl (C=O) groups is 1. The highest BCUT2D eigenvalue weighted by atomic mass is 32.2. The average Bonchev–Trinajstić information content (AvgIpc) is 2.10. The van der Waals surface area contributed by atoms with Crippen molar-refractivity contribution in [2.75, 3.05) is 32.3 Å². The van der Waals surface area contributed by atoms with E-state index >= 15 is 0 Å². The molecule has 0 saturated heterocycles. The van der Waals surface area contributed by atoms with E-state index in [1.165, 1.54) is 0 Å². The van der Waals surface area contributed by atoms with Crippen LogP contribution < -0.4 is 5.32 Å². The summed E-state index contributed by atoms with van der Waals surface area (Å²) >= 11 is 1.80. The van der Waals surface area contributed by atoms with Crippen molar-refractivity contribution in [3.8, 4) is 0 Å². The summed E-state index contributed by atoms with van der Waals surface area (Å²) in [5.74, 6) is 2.10. The molecular formula is C8H17NO2S. The van der Waals surface area contributed by atoms with Gasteiger partial charge in [0.05, 0.1) is 0 Å². The predicted octanol–water partition coefficient (Wildman–Crippen LogP) is 0.892. The van der Waals surface area contributed by atoms with Crippen LogP contribution in [0.1, 0.15) is 12.8 Å². The molecule has 1 amide bonds. The number of amides is 1. The van der Waals surface area contributed by atoms with Crippen molar-refractivity contribution >= 4 is 17.7 Å². The molecular weight excluding hydrogens is 174 g/mol. The number of ether oxygens (including phenoxy) is 1. The van der Waals surface area contributed by atoms with E-state index in [2.05, 4.69) is 5.32 Å². The van der Waals surface area contributed by atoms with Gasteiger partial charge in [-0.3, -0.25) is 4.79 Å². The van der Waals surface area contributed by atoms with Crippen molar-refractivity contribution in [2.24, 2.45) is 0 Å². The Balaban J connectivity index is 2.95. The summed E-state index contributed by atoms with van der Waals surface area (Å²) in [6.45, 7) is 0.812. The van der Waals surface area contributed by atoms with Crippen LogP contribution in [-0.2, 0) is 9.53 Å². The largest absolute Gasteiger partial charge is 0.385 e. The second-order valence-electron chi connectivity index (χ2n) is 2.38. The average molecular weight is 191 g/mol. The van der Waals surface area contributed by atoms with Crippen LogP contribution in [0.4, 0.5) is 0 Å². The quantitative estimate of drug-likeness (QED) is 0.607. The Labute approximate surface area is 78.2 Å². The molecule has 4 heteroatoms. The number of thioether (sulfide) groups is 1.